The van der Waals surface area contributed by atoms with Crippen molar-refractivity contribution in [3.8, 4) is 0 Å². The molecule has 1 nitrogen and oxygen atoms in total. The molecule has 0 aliphatic carbocycles. The van der Waals surface area contributed by atoms with Crippen LogP contribution in [0.4, 0.5) is 8.78 Å². The number of benzene rings is 2. The van der Waals surface area contributed by atoms with Crippen molar-refractivity contribution in [2.24, 2.45) is 0 Å². The van der Waals surface area contributed by atoms with E-state index in [4.69, 9.17) is 0 Å². The van der Waals surface area contributed by atoms with Gasteiger partial charge in [-0.05, 0) is 26.0 Å². The average molecular weight is 261 g/mol. The second-order valence-corrected chi connectivity index (χ2v) is 4.65. The molecule has 3 heteroatoms. The monoisotopic (exact) mass is 261 g/mol. The van der Waals surface area contributed by atoms with Crippen LogP contribution in [0.25, 0.3) is 0 Å². The van der Waals surface area contributed by atoms with Gasteiger partial charge in [0.25, 0.3) is 0 Å². The van der Waals surface area contributed by atoms with Gasteiger partial charge in [0.1, 0.15) is 11.6 Å². The van der Waals surface area contributed by atoms with E-state index in [1.807, 2.05) is 13.8 Å². The Labute approximate surface area is 112 Å². The summed E-state index contributed by atoms with van der Waals surface area (Å²) in [6.07, 6.45) is 0. The molecular formula is C16H17F2N. The molecule has 2 aromatic carbocycles. The molecular weight excluding hydrogens is 244 g/mol. The lowest BCUT2D eigenvalue weighted by Gasteiger charge is -2.21. The van der Waals surface area contributed by atoms with E-state index in [9.17, 15) is 8.78 Å². The highest BCUT2D eigenvalue weighted by Crippen LogP contribution is 2.22. The lowest BCUT2D eigenvalue weighted by molar-refractivity contribution is 0.459. The third-order valence-electron chi connectivity index (χ3n) is 3.24. The van der Waals surface area contributed by atoms with Crippen molar-refractivity contribution in [3.05, 3.63) is 71.3 Å². The number of rotatable bonds is 4. The highest BCUT2D eigenvalue weighted by atomic mass is 19.1. The van der Waals surface area contributed by atoms with Crippen molar-refractivity contribution in [1.82, 2.24) is 5.32 Å². The standard InChI is InChI=1S/C16H17F2N/c1-11(13-7-3-5-9-15(13)17)19-12(2)14-8-4-6-10-16(14)18/h3-12,19H,1-2H3/t11-,12?/m1/s1. The first kappa shape index (κ1) is 13.7. The van der Waals surface area contributed by atoms with Gasteiger partial charge in [0, 0.05) is 23.2 Å². The van der Waals surface area contributed by atoms with E-state index in [1.54, 1.807) is 36.4 Å². The molecule has 0 saturated heterocycles. The zero-order valence-electron chi connectivity index (χ0n) is 11.0. The van der Waals surface area contributed by atoms with Crippen LogP contribution < -0.4 is 5.32 Å². The summed E-state index contributed by atoms with van der Waals surface area (Å²) >= 11 is 0. The van der Waals surface area contributed by atoms with Crippen molar-refractivity contribution in [2.45, 2.75) is 25.9 Å². The Bertz CT molecular complexity index is 504. The van der Waals surface area contributed by atoms with E-state index in [0.29, 0.717) is 11.1 Å². The molecule has 0 aliphatic heterocycles. The summed E-state index contributed by atoms with van der Waals surface area (Å²) in [7, 11) is 0. The van der Waals surface area contributed by atoms with Crippen molar-refractivity contribution in [2.75, 3.05) is 0 Å². The smallest absolute Gasteiger partial charge is 0.127 e. The molecule has 0 aromatic heterocycles. The van der Waals surface area contributed by atoms with E-state index in [1.165, 1.54) is 12.1 Å². The largest absolute Gasteiger partial charge is 0.303 e. The Hall–Kier alpha value is -1.74. The summed E-state index contributed by atoms with van der Waals surface area (Å²) in [5.41, 5.74) is 1.18. The van der Waals surface area contributed by atoms with Gasteiger partial charge in [-0.15, -0.1) is 0 Å². The van der Waals surface area contributed by atoms with E-state index in [0.717, 1.165) is 0 Å². The lowest BCUT2D eigenvalue weighted by atomic mass is 10.0. The minimum absolute atomic E-state index is 0.184. The van der Waals surface area contributed by atoms with E-state index in [-0.39, 0.29) is 23.7 Å². The molecule has 0 radical (unpaired) electrons. The molecule has 2 aromatic rings. The minimum Gasteiger partial charge on any atom is -0.303 e. The topological polar surface area (TPSA) is 12.0 Å². The first-order chi connectivity index (χ1) is 9.09. The van der Waals surface area contributed by atoms with Gasteiger partial charge in [0.15, 0.2) is 0 Å². The van der Waals surface area contributed by atoms with Gasteiger partial charge in [-0.1, -0.05) is 36.4 Å². The third kappa shape index (κ3) is 3.18. The van der Waals surface area contributed by atoms with Crippen LogP contribution in [0.2, 0.25) is 0 Å². The van der Waals surface area contributed by atoms with Crippen molar-refractivity contribution >= 4 is 0 Å². The summed E-state index contributed by atoms with van der Waals surface area (Å²) in [6.45, 7) is 3.74. The van der Waals surface area contributed by atoms with E-state index >= 15 is 0 Å². The fourth-order valence-corrected chi connectivity index (χ4v) is 2.21. The summed E-state index contributed by atoms with van der Waals surface area (Å²) < 4.78 is 27.3. The Morgan fingerprint density at radius 3 is 1.47 bits per heavy atom. The van der Waals surface area contributed by atoms with Crippen LogP contribution >= 0.6 is 0 Å². The molecule has 19 heavy (non-hydrogen) atoms. The van der Waals surface area contributed by atoms with Crippen LogP contribution in [-0.2, 0) is 0 Å². The average Bonchev–Trinajstić information content (AvgIpc) is 2.39. The van der Waals surface area contributed by atoms with E-state index < -0.39 is 0 Å². The van der Waals surface area contributed by atoms with Gasteiger partial charge in [-0.25, -0.2) is 8.78 Å². The Morgan fingerprint density at radius 1 is 0.737 bits per heavy atom. The number of hydrogen-bond donors (Lipinski definition) is 1. The quantitative estimate of drug-likeness (QED) is 0.861. The predicted molar refractivity (Wildman–Crippen MR) is 72.8 cm³/mol. The fourth-order valence-electron chi connectivity index (χ4n) is 2.21. The number of nitrogens with one attached hydrogen (secondary N) is 1. The Balaban J connectivity index is 2.13. The number of halogens is 2. The van der Waals surface area contributed by atoms with Gasteiger partial charge in [-0.2, -0.15) is 0 Å². The molecule has 2 rings (SSSR count). The van der Waals surface area contributed by atoms with Crippen LogP contribution in [0.3, 0.4) is 0 Å². The maximum absolute atomic E-state index is 13.7. The first-order valence-electron chi connectivity index (χ1n) is 6.34. The van der Waals surface area contributed by atoms with Gasteiger partial charge in [0.05, 0.1) is 0 Å². The highest BCUT2D eigenvalue weighted by molar-refractivity contribution is 5.23. The molecule has 0 bridgehead atoms. The van der Waals surface area contributed by atoms with Crippen molar-refractivity contribution in [1.29, 1.82) is 0 Å². The van der Waals surface area contributed by atoms with Gasteiger partial charge in [0.2, 0.25) is 0 Å². The summed E-state index contributed by atoms with van der Waals surface area (Å²) in [5.74, 6) is -0.494. The molecule has 0 amide bonds. The SMILES string of the molecule is CC(N[C@H](C)c1ccccc1F)c1ccccc1F. The Morgan fingerprint density at radius 2 is 1.11 bits per heavy atom. The molecule has 1 N–H and O–H groups in total. The molecule has 2 atom stereocenters. The maximum Gasteiger partial charge on any atom is 0.127 e. The predicted octanol–water partition coefficient (Wildman–Crippen LogP) is 4.38. The van der Waals surface area contributed by atoms with Crippen LogP contribution in [-0.4, -0.2) is 0 Å². The second-order valence-electron chi connectivity index (χ2n) is 4.65. The minimum atomic E-state index is -0.247. The zero-order valence-corrected chi connectivity index (χ0v) is 11.0. The van der Waals surface area contributed by atoms with Crippen LogP contribution in [0.1, 0.15) is 37.1 Å². The Kier molecular flexibility index (Phi) is 4.27. The fraction of sp³-hybridized carbons (Fsp3) is 0.250. The summed E-state index contributed by atoms with van der Waals surface area (Å²) in [5, 5.41) is 3.21. The van der Waals surface area contributed by atoms with Gasteiger partial charge in [-0.3, -0.25) is 0 Å². The highest BCUT2D eigenvalue weighted by Gasteiger charge is 2.15. The van der Waals surface area contributed by atoms with Crippen molar-refractivity contribution in [3.63, 3.8) is 0 Å². The van der Waals surface area contributed by atoms with Gasteiger partial charge < -0.3 is 5.32 Å². The molecule has 0 saturated carbocycles. The normalized spacial score (nSPS) is 14.1. The zero-order chi connectivity index (χ0) is 13.8. The van der Waals surface area contributed by atoms with Crippen LogP contribution in [0.5, 0.6) is 0 Å². The third-order valence-corrected chi connectivity index (χ3v) is 3.24. The molecule has 0 spiro atoms. The van der Waals surface area contributed by atoms with Crippen LogP contribution in [0, 0.1) is 11.6 Å². The lowest BCUT2D eigenvalue weighted by Crippen LogP contribution is -2.23. The molecule has 0 aliphatic rings. The van der Waals surface area contributed by atoms with Gasteiger partial charge >= 0.3 is 0 Å². The van der Waals surface area contributed by atoms with E-state index in [2.05, 4.69) is 5.32 Å². The van der Waals surface area contributed by atoms with Crippen LogP contribution in [0.15, 0.2) is 48.5 Å². The molecule has 0 heterocycles. The second kappa shape index (κ2) is 5.93. The van der Waals surface area contributed by atoms with Crippen molar-refractivity contribution < 1.29 is 8.78 Å². The molecule has 0 fully saturated rings. The first-order valence-corrected chi connectivity index (χ1v) is 6.34. The maximum atomic E-state index is 13.7. The summed E-state index contributed by atoms with van der Waals surface area (Å²) in [6, 6.07) is 12.9. The number of hydrogen-bond acceptors (Lipinski definition) is 1. The molecule has 100 valence electrons. The molecule has 1 unspecified atom stereocenters. The summed E-state index contributed by atoms with van der Waals surface area (Å²) in [4.78, 5) is 0.